The Bertz CT molecular complexity index is 953. The van der Waals surface area contributed by atoms with Crippen molar-refractivity contribution in [3.63, 3.8) is 0 Å². The number of oxazole rings is 1. The fourth-order valence-electron chi connectivity index (χ4n) is 4.75. The van der Waals surface area contributed by atoms with Crippen LogP contribution in [0.15, 0.2) is 47.2 Å². The highest BCUT2D eigenvalue weighted by Crippen LogP contribution is 2.33. The quantitative estimate of drug-likeness (QED) is 0.704. The van der Waals surface area contributed by atoms with Crippen molar-refractivity contribution >= 4 is 16.7 Å². The maximum Gasteiger partial charge on any atom is 0.229 e. The van der Waals surface area contributed by atoms with Gasteiger partial charge in [0.2, 0.25) is 5.89 Å². The van der Waals surface area contributed by atoms with Crippen LogP contribution >= 0.6 is 0 Å². The van der Waals surface area contributed by atoms with E-state index < -0.39 is 6.10 Å². The van der Waals surface area contributed by atoms with Gasteiger partial charge in [-0.15, -0.1) is 0 Å². The molecule has 152 valence electrons. The Hall–Kier alpha value is -2.44. The van der Waals surface area contributed by atoms with Crippen LogP contribution in [0, 0.1) is 0 Å². The van der Waals surface area contributed by atoms with E-state index in [0.717, 1.165) is 35.2 Å². The minimum Gasteiger partial charge on any atom is -0.444 e. The smallest absolute Gasteiger partial charge is 0.229 e. The van der Waals surface area contributed by atoms with Crippen LogP contribution in [0.4, 0.5) is 5.82 Å². The number of aliphatic hydroxyl groups excluding tert-OH is 1. The van der Waals surface area contributed by atoms with E-state index in [-0.39, 0.29) is 6.04 Å². The summed E-state index contributed by atoms with van der Waals surface area (Å²) in [5.74, 6) is 1.40. The Kier molecular flexibility index (Phi) is 5.21. The highest BCUT2D eigenvalue weighted by molar-refractivity contribution is 5.87. The molecule has 2 aliphatic rings. The molecular formula is C23H28N4O2. The molecule has 0 spiro atoms. The third-order valence-corrected chi connectivity index (χ3v) is 6.30. The zero-order valence-electron chi connectivity index (χ0n) is 16.6. The lowest BCUT2D eigenvalue weighted by molar-refractivity contribution is 0.103. The molecule has 6 heteroatoms. The van der Waals surface area contributed by atoms with E-state index in [1.807, 2.05) is 24.3 Å². The Morgan fingerprint density at radius 1 is 1.10 bits per heavy atom. The van der Waals surface area contributed by atoms with Gasteiger partial charge < -0.3 is 19.7 Å². The van der Waals surface area contributed by atoms with Gasteiger partial charge in [0, 0.05) is 30.6 Å². The Balaban J connectivity index is 1.40. The molecule has 2 aromatic heterocycles. The summed E-state index contributed by atoms with van der Waals surface area (Å²) in [6.45, 7) is 1.41. The minimum absolute atomic E-state index is 0.153. The van der Waals surface area contributed by atoms with Crippen LogP contribution in [0.25, 0.3) is 22.4 Å². The van der Waals surface area contributed by atoms with E-state index in [1.54, 1.807) is 12.5 Å². The van der Waals surface area contributed by atoms with Gasteiger partial charge in [-0.2, -0.15) is 0 Å². The number of hydrogen-bond donors (Lipinski definition) is 2. The molecule has 1 aliphatic heterocycles. The van der Waals surface area contributed by atoms with Gasteiger partial charge in [-0.05, 0) is 31.4 Å². The lowest BCUT2D eigenvalue weighted by Crippen LogP contribution is -2.55. The number of nitrogens with one attached hydrogen (secondary N) is 1. The summed E-state index contributed by atoms with van der Waals surface area (Å²) in [5, 5.41) is 15.7. The number of aromatic nitrogens is 2. The number of β-amino-alcohol motifs (C(OH)–C–C–N with tert-alkyl or cyclic N) is 1. The van der Waals surface area contributed by atoms with Crippen LogP contribution in [0.5, 0.6) is 0 Å². The predicted molar refractivity (Wildman–Crippen MR) is 114 cm³/mol. The monoisotopic (exact) mass is 392 g/mol. The molecule has 1 saturated heterocycles. The van der Waals surface area contributed by atoms with Gasteiger partial charge in [0.05, 0.1) is 23.4 Å². The summed E-state index contributed by atoms with van der Waals surface area (Å²) in [6, 6.07) is 10.9. The van der Waals surface area contributed by atoms with E-state index >= 15 is 0 Å². The molecule has 0 bridgehead atoms. The minimum atomic E-state index is -0.420. The number of fused-ring (bicyclic) bond motifs is 1. The lowest BCUT2D eigenvalue weighted by atomic mass is 9.92. The molecule has 0 radical (unpaired) electrons. The van der Waals surface area contributed by atoms with E-state index in [0.29, 0.717) is 18.5 Å². The number of rotatable bonds is 4. The Morgan fingerprint density at radius 3 is 2.76 bits per heavy atom. The number of hydrogen-bond acceptors (Lipinski definition) is 6. The summed E-state index contributed by atoms with van der Waals surface area (Å²) < 4.78 is 5.60. The maximum absolute atomic E-state index is 10.9. The van der Waals surface area contributed by atoms with Crippen molar-refractivity contribution in [2.75, 3.05) is 18.0 Å². The van der Waals surface area contributed by atoms with Crippen molar-refractivity contribution in [1.82, 2.24) is 15.3 Å². The molecule has 3 heterocycles. The van der Waals surface area contributed by atoms with Crippen molar-refractivity contribution in [2.24, 2.45) is 0 Å². The first-order chi connectivity index (χ1) is 14.3. The SMILES string of the molecule is O[C@@H]1CN(c2nc3ccccc3cc2-c2ncco2)CCC1NC1CCCCC1. The number of aliphatic hydroxyl groups is 1. The summed E-state index contributed by atoms with van der Waals surface area (Å²) >= 11 is 0. The number of piperidine rings is 1. The first-order valence-corrected chi connectivity index (χ1v) is 10.8. The van der Waals surface area contributed by atoms with Gasteiger partial charge in [0.15, 0.2) is 0 Å². The number of pyridine rings is 1. The van der Waals surface area contributed by atoms with Crippen LogP contribution in [-0.4, -0.2) is 46.4 Å². The van der Waals surface area contributed by atoms with Gasteiger partial charge in [-0.3, -0.25) is 0 Å². The van der Waals surface area contributed by atoms with E-state index in [1.165, 1.54) is 32.1 Å². The molecule has 1 aromatic carbocycles. The molecule has 5 rings (SSSR count). The fourth-order valence-corrected chi connectivity index (χ4v) is 4.75. The molecule has 1 unspecified atom stereocenters. The maximum atomic E-state index is 10.9. The summed E-state index contributed by atoms with van der Waals surface area (Å²) in [6.07, 6.45) is 10.1. The van der Waals surface area contributed by atoms with E-state index in [9.17, 15) is 5.11 Å². The summed E-state index contributed by atoms with van der Waals surface area (Å²) in [7, 11) is 0. The van der Waals surface area contributed by atoms with Crippen molar-refractivity contribution in [2.45, 2.75) is 56.7 Å². The zero-order valence-corrected chi connectivity index (χ0v) is 16.6. The largest absolute Gasteiger partial charge is 0.444 e. The van der Waals surface area contributed by atoms with Gasteiger partial charge in [0.25, 0.3) is 0 Å². The highest BCUT2D eigenvalue weighted by atomic mass is 16.3. The molecule has 1 aliphatic carbocycles. The number of benzene rings is 1. The zero-order chi connectivity index (χ0) is 19.6. The number of para-hydroxylation sites is 1. The average Bonchev–Trinajstić information content (AvgIpc) is 3.30. The third kappa shape index (κ3) is 3.87. The molecule has 3 aromatic rings. The second kappa shape index (κ2) is 8.13. The molecule has 2 fully saturated rings. The van der Waals surface area contributed by atoms with Gasteiger partial charge >= 0.3 is 0 Å². The molecule has 1 saturated carbocycles. The van der Waals surface area contributed by atoms with Crippen molar-refractivity contribution in [1.29, 1.82) is 0 Å². The molecule has 2 atom stereocenters. The lowest BCUT2D eigenvalue weighted by Gasteiger charge is -2.39. The average molecular weight is 393 g/mol. The summed E-state index contributed by atoms with van der Waals surface area (Å²) in [5.41, 5.74) is 1.81. The predicted octanol–water partition coefficient (Wildman–Crippen LogP) is 3.75. The van der Waals surface area contributed by atoms with E-state index in [4.69, 9.17) is 9.40 Å². The highest BCUT2D eigenvalue weighted by Gasteiger charge is 2.31. The van der Waals surface area contributed by atoms with Crippen LogP contribution in [0.3, 0.4) is 0 Å². The van der Waals surface area contributed by atoms with Crippen LogP contribution in [0.2, 0.25) is 0 Å². The van der Waals surface area contributed by atoms with Crippen LogP contribution in [-0.2, 0) is 0 Å². The van der Waals surface area contributed by atoms with Crippen molar-refractivity contribution in [3.8, 4) is 11.5 Å². The second-order valence-electron chi connectivity index (χ2n) is 8.30. The van der Waals surface area contributed by atoms with Crippen LogP contribution < -0.4 is 10.2 Å². The first kappa shape index (κ1) is 18.6. The number of anilines is 1. The topological polar surface area (TPSA) is 74.4 Å². The van der Waals surface area contributed by atoms with Crippen molar-refractivity contribution < 1.29 is 9.52 Å². The third-order valence-electron chi connectivity index (χ3n) is 6.30. The number of nitrogens with zero attached hydrogens (tertiary/aromatic N) is 3. The molecule has 0 amide bonds. The Labute approximate surface area is 171 Å². The first-order valence-electron chi connectivity index (χ1n) is 10.8. The van der Waals surface area contributed by atoms with Gasteiger partial charge in [-0.1, -0.05) is 37.5 Å². The second-order valence-corrected chi connectivity index (χ2v) is 8.30. The van der Waals surface area contributed by atoms with Crippen molar-refractivity contribution in [3.05, 3.63) is 42.8 Å². The standard InChI is InChI=1S/C23H28N4O2/c28-21-15-27(12-10-20(21)25-17-7-2-1-3-8-17)22-18(23-24-11-13-29-23)14-16-6-4-5-9-19(16)26-22/h4-6,9,11,13-14,17,20-21,25,28H,1-3,7-8,10,12,15H2/t20?,21-/m1/s1. The molecule has 2 N–H and O–H groups in total. The Morgan fingerprint density at radius 2 is 1.97 bits per heavy atom. The van der Waals surface area contributed by atoms with Gasteiger partial charge in [0.1, 0.15) is 12.1 Å². The summed E-state index contributed by atoms with van der Waals surface area (Å²) in [4.78, 5) is 11.5. The van der Waals surface area contributed by atoms with Crippen LogP contribution in [0.1, 0.15) is 38.5 Å². The molecule has 6 nitrogen and oxygen atoms in total. The molecule has 29 heavy (non-hydrogen) atoms. The van der Waals surface area contributed by atoms with E-state index in [2.05, 4.69) is 21.3 Å². The normalized spacial score (nSPS) is 23.6. The molecular weight excluding hydrogens is 364 g/mol. The van der Waals surface area contributed by atoms with Gasteiger partial charge in [-0.25, -0.2) is 9.97 Å². The fraction of sp³-hybridized carbons (Fsp3) is 0.478.